The van der Waals surface area contributed by atoms with Gasteiger partial charge in [-0.15, -0.1) is 0 Å². The molecular formula is C20H20Br2N2O2. The Kier molecular flexibility index (Phi) is 5.55. The van der Waals surface area contributed by atoms with Crippen molar-refractivity contribution in [2.24, 2.45) is 0 Å². The van der Waals surface area contributed by atoms with E-state index in [4.69, 9.17) is 4.74 Å². The van der Waals surface area contributed by atoms with Crippen LogP contribution in [0.25, 0.3) is 10.9 Å². The molecule has 0 spiro atoms. The molecule has 2 aromatic carbocycles. The Balaban J connectivity index is 2.22. The molecule has 1 unspecified atom stereocenters. The van der Waals surface area contributed by atoms with Gasteiger partial charge in [-0.25, -0.2) is 0 Å². The van der Waals surface area contributed by atoms with E-state index in [9.17, 15) is 4.79 Å². The molecule has 0 saturated heterocycles. The van der Waals surface area contributed by atoms with Gasteiger partial charge in [0.2, 0.25) is 0 Å². The third-order valence-electron chi connectivity index (χ3n) is 4.43. The molecule has 6 heteroatoms. The summed E-state index contributed by atoms with van der Waals surface area (Å²) >= 11 is 7.00. The normalized spacial score (nSPS) is 12.6. The van der Waals surface area contributed by atoms with Crippen LogP contribution in [0.15, 0.2) is 51.4 Å². The van der Waals surface area contributed by atoms with Gasteiger partial charge in [0.05, 0.1) is 16.8 Å². The summed E-state index contributed by atoms with van der Waals surface area (Å²) in [4.78, 5) is 15.3. The molecular weight excluding hydrogens is 460 g/mol. The first kappa shape index (κ1) is 19.1. The first-order valence-electron chi connectivity index (χ1n) is 8.24. The molecule has 0 aliphatic rings. The first-order chi connectivity index (χ1) is 12.3. The number of nitrogens with zero attached hydrogens (tertiary/aromatic N) is 2. The van der Waals surface area contributed by atoms with Gasteiger partial charge in [-0.05, 0) is 74.2 Å². The second-order valence-electron chi connectivity index (χ2n) is 6.38. The summed E-state index contributed by atoms with van der Waals surface area (Å²) in [7, 11) is 3.92. The highest BCUT2D eigenvalue weighted by Gasteiger charge is 2.23. The highest BCUT2D eigenvalue weighted by molar-refractivity contribution is 9.10. The fraction of sp³-hybridized carbons (Fsp3) is 0.250. The van der Waals surface area contributed by atoms with Crippen molar-refractivity contribution in [1.29, 1.82) is 0 Å². The summed E-state index contributed by atoms with van der Waals surface area (Å²) in [6.07, 6.45) is -0.120. The number of hydrogen-bond acceptors (Lipinski definition) is 3. The Morgan fingerprint density at radius 2 is 1.85 bits per heavy atom. The molecule has 1 atom stereocenters. The number of benzene rings is 2. The highest BCUT2D eigenvalue weighted by Crippen LogP contribution is 2.36. The van der Waals surface area contributed by atoms with Crippen LogP contribution in [0.1, 0.15) is 23.0 Å². The molecule has 0 fully saturated rings. The summed E-state index contributed by atoms with van der Waals surface area (Å²) in [5.74, 6) is 0.637. The van der Waals surface area contributed by atoms with Gasteiger partial charge in [-0.1, -0.05) is 28.1 Å². The Bertz CT molecular complexity index is 979. The summed E-state index contributed by atoms with van der Waals surface area (Å²) in [5.41, 5.74) is 2.22. The predicted molar refractivity (Wildman–Crippen MR) is 112 cm³/mol. The van der Waals surface area contributed by atoms with Crippen molar-refractivity contribution in [1.82, 2.24) is 9.47 Å². The number of ether oxygens (including phenoxy) is 1. The van der Waals surface area contributed by atoms with E-state index in [1.807, 2.05) is 75.3 Å². The SMILES string of the molecule is Cc1c(OC(C)N(C)C)c2cc(Br)ccc2n1C(=O)c1ccccc1Br. The maximum atomic E-state index is 13.3. The number of halogens is 2. The highest BCUT2D eigenvalue weighted by atomic mass is 79.9. The molecule has 4 nitrogen and oxygen atoms in total. The molecule has 0 N–H and O–H groups in total. The molecule has 0 bridgehead atoms. The molecule has 0 saturated carbocycles. The summed E-state index contributed by atoms with van der Waals surface area (Å²) < 4.78 is 9.63. The van der Waals surface area contributed by atoms with Gasteiger partial charge in [-0.2, -0.15) is 0 Å². The van der Waals surface area contributed by atoms with Crippen LogP contribution < -0.4 is 4.74 Å². The van der Waals surface area contributed by atoms with Gasteiger partial charge in [0, 0.05) is 14.3 Å². The molecule has 0 radical (unpaired) electrons. The summed E-state index contributed by atoms with van der Waals surface area (Å²) in [6, 6.07) is 13.3. The van der Waals surface area contributed by atoms with E-state index in [1.165, 1.54) is 0 Å². The summed E-state index contributed by atoms with van der Waals surface area (Å²) in [5, 5.41) is 0.908. The Labute approximate surface area is 170 Å². The topological polar surface area (TPSA) is 34.5 Å². The summed E-state index contributed by atoms with van der Waals surface area (Å²) in [6.45, 7) is 3.90. The lowest BCUT2D eigenvalue weighted by Crippen LogP contribution is -2.30. The van der Waals surface area contributed by atoms with Crippen LogP contribution in [0.2, 0.25) is 0 Å². The van der Waals surface area contributed by atoms with Gasteiger partial charge in [0.25, 0.3) is 5.91 Å². The van der Waals surface area contributed by atoms with Gasteiger partial charge < -0.3 is 4.74 Å². The van der Waals surface area contributed by atoms with Crippen LogP contribution in [0, 0.1) is 6.92 Å². The molecule has 136 valence electrons. The molecule has 0 aliphatic heterocycles. The monoisotopic (exact) mass is 478 g/mol. The molecule has 3 rings (SSSR count). The maximum Gasteiger partial charge on any atom is 0.263 e. The van der Waals surface area contributed by atoms with E-state index >= 15 is 0 Å². The van der Waals surface area contributed by atoms with E-state index in [-0.39, 0.29) is 12.1 Å². The number of aromatic nitrogens is 1. The molecule has 26 heavy (non-hydrogen) atoms. The molecule has 1 aromatic heterocycles. The maximum absolute atomic E-state index is 13.3. The van der Waals surface area contributed by atoms with Crippen molar-refractivity contribution >= 4 is 48.7 Å². The number of hydrogen-bond donors (Lipinski definition) is 0. The smallest absolute Gasteiger partial charge is 0.263 e. The van der Waals surface area contributed by atoms with Gasteiger partial charge in [0.1, 0.15) is 6.23 Å². The predicted octanol–water partition coefficient (Wildman–Crippen LogP) is 5.45. The zero-order valence-corrected chi connectivity index (χ0v) is 18.3. The third kappa shape index (κ3) is 3.46. The van der Waals surface area contributed by atoms with Crippen LogP contribution in [0.4, 0.5) is 0 Å². The minimum absolute atomic E-state index is 0.0883. The number of carbonyl (C=O) groups is 1. The van der Waals surface area contributed by atoms with Crippen molar-refractivity contribution in [2.45, 2.75) is 20.1 Å². The second-order valence-corrected chi connectivity index (χ2v) is 8.15. The molecule has 3 aromatic rings. The lowest BCUT2D eigenvalue weighted by atomic mass is 10.2. The minimum atomic E-state index is -0.120. The third-order valence-corrected chi connectivity index (χ3v) is 5.62. The van der Waals surface area contributed by atoms with Crippen LogP contribution in [0.5, 0.6) is 5.75 Å². The lowest BCUT2D eigenvalue weighted by Gasteiger charge is -2.21. The van der Waals surface area contributed by atoms with Crippen LogP contribution in [-0.2, 0) is 0 Å². The molecule has 0 aliphatic carbocycles. The van der Waals surface area contributed by atoms with Crippen LogP contribution in [-0.4, -0.2) is 35.7 Å². The number of rotatable bonds is 4. The minimum Gasteiger partial charge on any atom is -0.473 e. The van der Waals surface area contributed by atoms with Crippen molar-refractivity contribution in [3.05, 3.63) is 62.7 Å². The lowest BCUT2D eigenvalue weighted by molar-refractivity contribution is 0.0814. The Hall–Kier alpha value is -1.63. The largest absolute Gasteiger partial charge is 0.473 e. The fourth-order valence-electron chi connectivity index (χ4n) is 2.80. The van der Waals surface area contributed by atoms with Gasteiger partial charge >= 0.3 is 0 Å². The van der Waals surface area contributed by atoms with Crippen LogP contribution >= 0.6 is 31.9 Å². The van der Waals surface area contributed by atoms with Crippen molar-refractivity contribution in [3.8, 4) is 5.75 Å². The van der Waals surface area contributed by atoms with E-state index < -0.39 is 0 Å². The van der Waals surface area contributed by atoms with Crippen molar-refractivity contribution in [2.75, 3.05) is 14.1 Å². The number of fused-ring (bicyclic) bond motifs is 1. The second kappa shape index (κ2) is 7.55. The van der Waals surface area contributed by atoms with E-state index in [2.05, 4.69) is 31.9 Å². The van der Waals surface area contributed by atoms with E-state index in [0.29, 0.717) is 5.56 Å². The van der Waals surface area contributed by atoms with Gasteiger partial charge in [-0.3, -0.25) is 14.3 Å². The first-order valence-corrected chi connectivity index (χ1v) is 9.82. The van der Waals surface area contributed by atoms with Crippen LogP contribution in [0.3, 0.4) is 0 Å². The Morgan fingerprint density at radius 3 is 2.50 bits per heavy atom. The van der Waals surface area contributed by atoms with E-state index in [0.717, 1.165) is 31.3 Å². The number of carbonyl (C=O) groups excluding carboxylic acids is 1. The fourth-order valence-corrected chi connectivity index (χ4v) is 3.62. The zero-order valence-electron chi connectivity index (χ0n) is 15.1. The van der Waals surface area contributed by atoms with Crippen molar-refractivity contribution in [3.63, 3.8) is 0 Å². The quantitative estimate of drug-likeness (QED) is 0.466. The average Bonchev–Trinajstić information content (AvgIpc) is 2.86. The van der Waals surface area contributed by atoms with Crippen molar-refractivity contribution < 1.29 is 9.53 Å². The molecule has 0 amide bonds. The molecule has 1 heterocycles. The van der Waals surface area contributed by atoms with E-state index in [1.54, 1.807) is 4.57 Å². The average molecular weight is 480 g/mol. The van der Waals surface area contributed by atoms with Gasteiger partial charge in [0.15, 0.2) is 5.75 Å². The standard InChI is InChI=1S/C20H20Br2N2O2/c1-12-19(26-13(2)23(3)4)16-11-14(21)9-10-18(16)24(12)20(25)15-7-5-6-8-17(15)22/h5-11,13H,1-4H3. The Morgan fingerprint density at radius 1 is 1.15 bits per heavy atom. The zero-order chi connectivity index (χ0) is 19.0.